The minimum absolute atomic E-state index is 0.135. The van der Waals surface area contributed by atoms with Gasteiger partial charge in [0, 0.05) is 23.2 Å². The zero-order valence-electron chi connectivity index (χ0n) is 19.2. The number of nitrogens with zero attached hydrogens (tertiary/aromatic N) is 2. The summed E-state index contributed by atoms with van der Waals surface area (Å²) < 4.78 is 10.5. The third-order valence-corrected chi connectivity index (χ3v) is 5.41. The Balaban J connectivity index is 1.63. The quantitative estimate of drug-likeness (QED) is 0.427. The monoisotopic (exact) mass is 466 g/mol. The largest absolute Gasteiger partial charge is 0.493 e. The van der Waals surface area contributed by atoms with E-state index in [-0.39, 0.29) is 23.7 Å². The van der Waals surface area contributed by atoms with Gasteiger partial charge >= 0.3 is 0 Å². The minimum Gasteiger partial charge on any atom is -0.493 e. The highest BCUT2D eigenvalue weighted by Crippen LogP contribution is 2.31. The lowest BCUT2D eigenvalue weighted by molar-refractivity contribution is -0.117. The Morgan fingerprint density at radius 1 is 0.914 bits per heavy atom. The van der Waals surface area contributed by atoms with Gasteiger partial charge in [-0.3, -0.25) is 9.59 Å². The van der Waals surface area contributed by atoms with Gasteiger partial charge in [-0.15, -0.1) is 0 Å². The summed E-state index contributed by atoms with van der Waals surface area (Å²) in [6, 6.07) is 23.3. The number of fused-ring (bicyclic) bond motifs is 1. The maximum atomic E-state index is 13.0. The second-order valence-electron chi connectivity index (χ2n) is 7.53. The molecule has 4 rings (SSSR count). The van der Waals surface area contributed by atoms with Gasteiger partial charge in [0.05, 0.1) is 19.9 Å². The molecule has 0 bridgehead atoms. The predicted octanol–water partition coefficient (Wildman–Crippen LogP) is 3.45. The Morgan fingerprint density at radius 2 is 1.60 bits per heavy atom. The Bertz CT molecular complexity index is 1390. The van der Waals surface area contributed by atoms with Crippen LogP contribution >= 0.6 is 0 Å². The first-order chi connectivity index (χ1) is 17.0. The molecule has 0 aromatic heterocycles. The van der Waals surface area contributed by atoms with Gasteiger partial charge in [-0.05, 0) is 23.8 Å². The molecule has 35 heavy (non-hydrogen) atoms. The standard InChI is InChI=1S/C27H22N4O4/c1-34-22-13-12-18(14-23(22)35-2)26(32)31-25-20-11-7-6-10-19(20)24(30-25)21(15-28)27(33)29-16-17-8-4-3-5-9-17/h3-14H,16H2,1-2H3,(H,29,33)(H,30,31,32)/b24-21-. The fraction of sp³-hybridized carbons (Fsp3) is 0.111. The number of methoxy groups -OCH3 is 2. The third-order valence-electron chi connectivity index (χ3n) is 5.41. The van der Waals surface area contributed by atoms with Gasteiger partial charge < -0.3 is 20.1 Å². The number of amides is 2. The first-order valence-corrected chi connectivity index (χ1v) is 10.7. The van der Waals surface area contributed by atoms with E-state index in [2.05, 4.69) is 15.6 Å². The summed E-state index contributed by atoms with van der Waals surface area (Å²) in [7, 11) is 3.00. The number of nitriles is 1. The van der Waals surface area contributed by atoms with Crippen molar-refractivity contribution in [3.05, 3.63) is 101 Å². The summed E-state index contributed by atoms with van der Waals surface area (Å²) >= 11 is 0. The number of hydrogen-bond acceptors (Lipinski definition) is 6. The number of carbonyl (C=O) groups excluding carboxylic acids is 2. The molecular formula is C27H22N4O4. The van der Waals surface area contributed by atoms with Crippen molar-refractivity contribution in [3.63, 3.8) is 0 Å². The second-order valence-corrected chi connectivity index (χ2v) is 7.53. The van der Waals surface area contributed by atoms with Gasteiger partial charge in [-0.25, -0.2) is 4.99 Å². The number of amidine groups is 1. The molecule has 1 aliphatic heterocycles. The van der Waals surface area contributed by atoms with E-state index < -0.39 is 11.8 Å². The van der Waals surface area contributed by atoms with Crippen molar-refractivity contribution in [1.29, 1.82) is 5.26 Å². The molecule has 0 unspecified atom stereocenters. The van der Waals surface area contributed by atoms with Gasteiger partial charge in [-0.1, -0.05) is 54.6 Å². The molecule has 1 aliphatic rings. The van der Waals surface area contributed by atoms with Crippen LogP contribution in [0.25, 0.3) is 5.70 Å². The predicted molar refractivity (Wildman–Crippen MR) is 131 cm³/mol. The van der Waals surface area contributed by atoms with E-state index in [1.807, 2.05) is 36.4 Å². The molecule has 0 fully saturated rings. The van der Waals surface area contributed by atoms with E-state index in [4.69, 9.17) is 9.47 Å². The van der Waals surface area contributed by atoms with Crippen LogP contribution in [0.15, 0.2) is 83.4 Å². The lowest BCUT2D eigenvalue weighted by Crippen LogP contribution is -2.30. The molecule has 0 saturated heterocycles. The first kappa shape index (κ1) is 23.3. The summed E-state index contributed by atoms with van der Waals surface area (Å²) in [5, 5.41) is 15.3. The molecule has 174 valence electrons. The fourth-order valence-corrected chi connectivity index (χ4v) is 3.65. The van der Waals surface area contributed by atoms with Crippen LogP contribution in [-0.2, 0) is 11.3 Å². The molecule has 0 spiro atoms. The average molecular weight is 466 g/mol. The molecular weight excluding hydrogens is 444 g/mol. The molecule has 2 N–H and O–H groups in total. The van der Waals surface area contributed by atoms with Crippen LogP contribution in [0.5, 0.6) is 11.5 Å². The Kier molecular flexibility index (Phi) is 6.88. The summed E-state index contributed by atoms with van der Waals surface area (Å²) in [6.45, 7) is 0.270. The van der Waals surface area contributed by atoms with Crippen molar-refractivity contribution in [2.75, 3.05) is 14.2 Å². The molecule has 8 nitrogen and oxygen atoms in total. The average Bonchev–Trinajstić information content (AvgIpc) is 3.26. The SMILES string of the molecule is COc1ccc(C(=O)NC2=N/C(=C(/C#N)C(=O)NCc3ccccc3)c3ccccc32)cc1OC. The highest BCUT2D eigenvalue weighted by atomic mass is 16.5. The molecule has 0 aliphatic carbocycles. The van der Waals surface area contributed by atoms with E-state index in [0.717, 1.165) is 5.56 Å². The van der Waals surface area contributed by atoms with Gasteiger partial charge in [0.15, 0.2) is 11.5 Å². The van der Waals surface area contributed by atoms with E-state index in [9.17, 15) is 14.9 Å². The molecule has 3 aromatic carbocycles. The zero-order valence-corrected chi connectivity index (χ0v) is 19.2. The molecule has 1 heterocycles. The first-order valence-electron chi connectivity index (χ1n) is 10.7. The lowest BCUT2D eigenvalue weighted by Gasteiger charge is -2.10. The normalized spacial score (nSPS) is 13.1. The van der Waals surface area contributed by atoms with Gasteiger partial charge in [0.25, 0.3) is 11.8 Å². The van der Waals surface area contributed by atoms with Crippen LogP contribution in [0.2, 0.25) is 0 Å². The molecule has 2 amide bonds. The number of nitrogens with one attached hydrogen (secondary N) is 2. The number of carbonyl (C=O) groups is 2. The highest BCUT2D eigenvalue weighted by molar-refractivity contribution is 6.20. The Morgan fingerprint density at radius 3 is 2.29 bits per heavy atom. The van der Waals surface area contributed by atoms with Crippen LogP contribution in [0.4, 0.5) is 0 Å². The number of benzene rings is 3. The van der Waals surface area contributed by atoms with E-state index in [1.54, 1.807) is 42.5 Å². The summed E-state index contributed by atoms with van der Waals surface area (Å²) in [5.41, 5.74) is 2.50. The van der Waals surface area contributed by atoms with E-state index in [1.165, 1.54) is 14.2 Å². The van der Waals surface area contributed by atoms with Gasteiger partial charge in [0.1, 0.15) is 17.5 Å². The molecule has 8 heteroatoms. The Labute approximate surface area is 202 Å². The van der Waals surface area contributed by atoms with Crippen molar-refractivity contribution in [2.45, 2.75) is 6.54 Å². The van der Waals surface area contributed by atoms with Crippen LogP contribution in [0.1, 0.15) is 27.0 Å². The van der Waals surface area contributed by atoms with Crippen molar-refractivity contribution in [2.24, 2.45) is 4.99 Å². The van der Waals surface area contributed by atoms with Gasteiger partial charge in [0.2, 0.25) is 0 Å². The van der Waals surface area contributed by atoms with Crippen molar-refractivity contribution in [1.82, 2.24) is 10.6 Å². The molecule has 0 radical (unpaired) electrons. The fourth-order valence-electron chi connectivity index (χ4n) is 3.65. The van der Waals surface area contributed by atoms with Crippen LogP contribution in [-0.4, -0.2) is 31.9 Å². The van der Waals surface area contributed by atoms with Crippen molar-refractivity contribution in [3.8, 4) is 17.6 Å². The van der Waals surface area contributed by atoms with E-state index in [0.29, 0.717) is 28.2 Å². The maximum absolute atomic E-state index is 13.0. The van der Waals surface area contributed by atoms with Crippen LogP contribution in [0, 0.1) is 11.3 Å². The van der Waals surface area contributed by atoms with E-state index >= 15 is 0 Å². The number of ether oxygens (including phenoxy) is 2. The zero-order chi connectivity index (χ0) is 24.8. The molecule has 3 aromatic rings. The number of aliphatic imine (C=N–C) groups is 1. The van der Waals surface area contributed by atoms with Gasteiger partial charge in [-0.2, -0.15) is 5.26 Å². The summed E-state index contributed by atoms with van der Waals surface area (Å²) in [5.74, 6) is 0.193. The third kappa shape index (κ3) is 4.89. The molecule has 0 saturated carbocycles. The van der Waals surface area contributed by atoms with Crippen molar-refractivity contribution >= 4 is 23.3 Å². The lowest BCUT2D eigenvalue weighted by atomic mass is 10.0. The topological polar surface area (TPSA) is 113 Å². The van der Waals surface area contributed by atoms with Crippen molar-refractivity contribution < 1.29 is 19.1 Å². The smallest absolute Gasteiger partial charge is 0.264 e. The van der Waals surface area contributed by atoms with Crippen LogP contribution < -0.4 is 20.1 Å². The number of hydrogen-bond donors (Lipinski definition) is 2. The minimum atomic E-state index is -0.544. The van der Waals surface area contributed by atoms with Crippen LogP contribution in [0.3, 0.4) is 0 Å². The summed E-state index contributed by atoms with van der Waals surface area (Å²) in [4.78, 5) is 30.3. The number of rotatable bonds is 6. The molecule has 0 atom stereocenters. The maximum Gasteiger partial charge on any atom is 0.264 e. The highest BCUT2D eigenvalue weighted by Gasteiger charge is 2.27. The Hall–Kier alpha value is -4.90. The second kappa shape index (κ2) is 10.4. The summed E-state index contributed by atoms with van der Waals surface area (Å²) in [6.07, 6.45) is 0.